The molecule has 0 atom stereocenters. The van der Waals surface area contributed by atoms with E-state index < -0.39 is 4.92 Å². The van der Waals surface area contributed by atoms with Crippen LogP contribution in [0.15, 0.2) is 91.3 Å². The van der Waals surface area contributed by atoms with Gasteiger partial charge in [-0.2, -0.15) is 0 Å². The summed E-state index contributed by atoms with van der Waals surface area (Å²) in [5, 5.41) is 18.5. The summed E-state index contributed by atoms with van der Waals surface area (Å²) in [5.41, 5.74) is 3.71. The number of nitro groups is 1. The standard InChI is InChI=1S/C27H27N5O2/c1-2-3-10-20-15-17-23(18-16-20)30-26-25(32(33)34)27(29-19-28-26)31-24(21-11-6-4-7-12-21)22-13-8-5-9-14-22/h4-9,11-19,24H,2-3,10H2,1H3,(H2,28,29,30,31). The molecule has 0 saturated heterocycles. The van der Waals surface area contributed by atoms with E-state index in [0.29, 0.717) is 0 Å². The predicted octanol–water partition coefficient (Wildman–Crippen LogP) is 6.67. The van der Waals surface area contributed by atoms with Gasteiger partial charge in [0.1, 0.15) is 6.33 Å². The van der Waals surface area contributed by atoms with Crippen molar-refractivity contribution >= 4 is 23.0 Å². The normalized spacial score (nSPS) is 10.8. The maximum atomic E-state index is 12.1. The van der Waals surface area contributed by atoms with Gasteiger partial charge in [-0.05, 0) is 41.7 Å². The maximum absolute atomic E-state index is 12.1. The molecule has 1 aromatic heterocycles. The number of hydrogen-bond donors (Lipinski definition) is 2. The van der Waals surface area contributed by atoms with Crippen LogP contribution in [0.5, 0.6) is 0 Å². The lowest BCUT2D eigenvalue weighted by atomic mass is 9.99. The topological polar surface area (TPSA) is 93.0 Å². The van der Waals surface area contributed by atoms with E-state index in [-0.39, 0.29) is 23.4 Å². The molecule has 172 valence electrons. The lowest BCUT2D eigenvalue weighted by Crippen LogP contribution is -2.15. The average molecular weight is 454 g/mol. The third kappa shape index (κ3) is 5.56. The van der Waals surface area contributed by atoms with Gasteiger partial charge >= 0.3 is 5.69 Å². The number of hydrogen-bond acceptors (Lipinski definition) is 6. The van der Waals surface area contributed by atoms with Crippen molar-refractivity contribution in [3.05, 3.63) is 118 Å². The zero-order valence-corrected chi connectivity index (χ0v) is 19.0. The van der Waals surface area contributed by atoms with Crippen LogP contribution in [0.1, 0.15) is 42.5 Å². The number of nitrogens with zero attached hydrogens (tertiary/aromatic N) is 3. The van der Waals surface area contributed by atoms with Crippen molar-refractivity contribution in [3.8, 4) is 0 Å². The minimum atomic E-state index is -0.451. The van der Waals surface area contributed by atoms with Gasteiger partial charge in [0, 0.05) is 5.69 Å². The van der Waals surface area contributed by atoms with Crippen LogP contribution in [-0.2, 0) is 6.42 Å². The summed E-state index contributed by atoms with van der Waals surface area (Å²) < 4.78 is 0. The van der Waals surface area contributed by atoms with E-state index in [1.165, 1.54) is 11.9 Å². The smallest absolute Gasteiger partial charge is 0.353 e. The quantitative estimate of drug-likeness (QED) is 0.206. The molecule has 34 heavy (non-hydrogen) atoms. The molecule has 2 N–H and O–H groups in total. The fourth-order valence-electron chi connectivity index (χ4n) is 3.81. The molecule has 0 bridgehead atoms. The number of aromatic nitrogens is 2. The van der Waals surface area contributed by atoms with E-state index in [4.69, 9.17) is 0 Å². The number of benzene rings is 3. The molecule has 0 saturated carbocycles. The summed E-state index contributed by atoms with van der Waals surface area (Å²) in [6.07, 6.45) is 4.61. The van der Waals surface area contributed by atoms with Gasteiger partial charge in [0.25, 0.3) is 0 Å². The Balaban J connectivity index is 1.65. The largest absolute Gasteiger partial charge is 0.353 e. The highest BCUT2D eigenvalue weighted by molar-refractivity contribution is 5.74. The van der Waals surface area contributed by atoms with Crippen molar-refractivity contribution in [2.75, 3.05) is 10.6 Å². The maximum Gasteiger partial charge on any atom is 0.353 e. The van der Waals surface area contributed by atoms with Crippen molar-refractivity contribution in [2.45, 2.75) is 32.2 Å². The average Bonchev–Trinajstić information content (AvgIpc) is 2.88. The molecular weight excluding hydrogens is 426 g/mol. The van der Waals surface area contributed by atoms with E-state index in [2.05, 4.69) is 27.5 Å². The summed E-state index contributed by atoms with van der Waals surface area (Å²) in [6, 6.07) is 27.2. The Morgan fingerprint density at radius 2 is 1.44 bits per heavy atom. The van der Waals surface area contributed by atoms with Crippen molar-refractivity contribution in [3.63, 3.8) is 0 Å². The zero-order chi connectivity index (χ0) is 23.8. The van der Waals surface area contributed by atoms with E-state index in [0.717, 1.165) is 36.1 Å². The number of nitrogens with one attached hydrogen (secondary N) is 2. The van der Waals surface area contributed by atoms with Gasteiger partial charge in [-0.3, -0.25) is 10.1 Å². The highest BCUT2D eigenvalue weighted by Gasteiger charge is 2.26. The lowest BCUT2D eigenvalue weighted by molar-refractivity contribution is -0.383. The second-order valence-corrected chi connectivity index (χ2v) is 8.00. The molecule has 7 nitrogen and oxygen atoms in total. The molecule has 0 radical (unpaired) electrons. The van der Waals surface area contributed by atoms with Gasteiger partial charge in [-0.25, -0.2) is 9.97 Å². The molecule has 4 rings (SSSR count). The Labute approximate surface area is 199 Å². The Bertz CT molecular complexity index is 1180. The monoisotopic (exact) mass is 453 g/mol. The Morgan fingerprint density at radius 3 is 2.00 bits per heavy atom. The third-order valence-electron chi connectivity index (χ3n) is 5.59. The van der Waals surface area contributed by atoms with Gasteiger partial charge in [0.05, 0.1) is 11.0 Å². The highest BCUT2D eigenvalue weighted by Crippen LogP contribution is 2.35. The molecule has 0 unspecified atom stereocenters. The third-order valence-corrected chi connectivity index (χ3v) is 5.59. The first kappa shape index (κ1) is 22.9. The van der Waals surface area contributed by atoms with Gasteiger partial charge in [-0.1, -0.05) is 86.1 Å². The fraction of sp³-hybridized carbons (Fsp3) is 0.185. The van der Waals surface area contributed by atoms with Gasteiger partial charge in [0.15, 0.2) is 0 Å². The van der Waals surface area contributed by atoms with E-state index in [1.54, 1.807) is 0 Å². The van der Waals surface area contributed by atoms with Crippen LogP contribution >= 0.6 is 0 Å². The minimum Gasteiger partial charge on any atom is -0.353 e. The van der Waals surface area contributed by atoms with Crippen molar-refractivity contribution in [1.29, 1.82) is 0 Å². The summed E-state index contributed by atoms with van der Waals surface area (Å²) in [7, 11) is 0. The molecule has 0 aliphatic carbocycles. The number of anilines is 3. The highest BCUT2D eigenvalue weighted by atomic mass is 16.6. The Kier molecular flexibility index (Phi) is 7.45. The Morgan fingerprint density at radius 1 is 0.853 bits per heavy atom. The lowest BCUT2D eigenvalue weighted by Gasteiger charge is -2.20. The van der Waals surface area contributed by atoms with Crippen LogP contribution < -0.4 is 10.6 Å². The van der Waals surface area contributed by atoms with E-state index in [1.807, 2.05) is 84.9 Å². The first-order chi connectivity index (χ1) is 16.7. The number of rotatable bonds is 10. The van der Waals surface area contributed by atoms with Crippen LogP contribution in [0, 0.1) is 10.1 Å². The molecule has 0 fully saturated rings. The SMILES string of the molecule is CCCCc1ccc(Nc2ncnc(NC(c3ccccc3)c3ccccc3)c2[N+](=O)[O-])cc1. The molecule has 0 amide bonds. The molecule has 4 aromatic rings. The first-order valence-corrected chi connectivity index (χ1v) is 11.4. The molecular formula is C27H27N5O2. The second kappa shape index (κ2) is 11.0. The molecule has 1 heterocycles. The zero-order valence-electron chi connectivity index (χ0n) is 19.0. The minimum absolute atomic E-state index is 0.142. The van der Waals surface area contributed by atoms with Crippen LogP contribution in [0.2, 0.25) is 0 Å². The van der Waals surface area contributed by atoms with Gasteiger partial charge in [-0.15, -0.1) is 0 Å². The van der Waals surface area contributed by atoms with Crippen molar-refractivity contribution < 1.29 is 4.92 Å². The second-order valence-electron chi connectivity index (χ2n) is 8.00. The van der Waals surface area contributed by atoms with Crippen LogP contribution in [-0.4, -0.2) is 14.9 Å². The van der Waals surface area contributed by atoms with Crippen molar-refractivity contribution in [1.82, 2.24) is 9.97 Å². The summed E-state index contributed by atoms with van der Waals surface area (Å²) in [6.45, 7) is 2.16. The Hall–Kier alpha value is -4.26. The van der Waals surface area contributed by atoms with Gasteiger partial charge in [0.2, 0.25) is 11.6 Å². The molecule has 0 spiro atoms. The van der Waals surface area contributed by atoms with E-state index in [9.17, 15) is 10.1 Å². The summed E-state index contributed by atoms with van der Waals surface area (Å²) >= 11 is 0. The predicted molar refractivity (Wildman–Crippen MR) is 135 cm³/mol. The van der Waals surface area contributed by atoms with Crippen LogP contribution in [0.25, 0.3) is 0 Å². The fourth-order valence-corrected chi connectivity index (χ4v) is 3.81. The first-order valence-electron chi connectivity index (χ1n) is 11.4. The van der Waals surface area contributed by atoms with Crippen LogP contribution in [0.4, 0.5) is 23.0 Å². The van der Waals surface area contributed by atoms with E-state index >= 15 is 0 Å². The molecule has 0 aliphatic rings. The summed E-state index contributed by atoms with van der Waals surface area (Å²) in [4.78, 5) is 20.1. The number of unbranched alkanes of at least 4 members (excludes halogenated alkanes) is 1. The summed E-state index contributed by atoms with van der Waals surface area (Å²) in [5.74, 6) is 0.295. The van der Waals surface area contributed by atoms with Gasteiger partial charge < -0.3 is 10.6 Å². The molecule has 0 aliphatic heterocycles. The number of aryl methyl sites for hydroxylation is 1. The molecule has 7 heteroatoms. The molecule has 3 aromatic carbocycles. The van der Waals surface area contributed by atoms with Crippen molar-refractivity contribution in [2.24, 2.45) is 0 Å². The van der Waals surface area contributed by atoms with Crippen LogP contribution in [0.3, 0.4) is 0 Å².